The number of aliphatic carboxylic acids is 1. The molecule has 6 heteroatoms. The summed E-state index contributed by atoms with van der Waals surface area (Å²) >= 11 is 0. The minimum atomic E-state index is -0.875. The number of carboxylic acid groups (broad SMARTS) is 1. The van der Waals surface area contributed by atoms with Crippen LogP contribution in [0.1, 0.15) is 31.2 Å². The van der Waals surface area contributed by atoms with E-state index in [-0.39, 0.29) is 5.91 Å². The van der Waals surface area contributed by atoms with Gasteiger partial charge in [-0.05, 0) is 24.5 Å². The molecule has 6 nitrogen and oxygen atoms in total. The number of hydrogen-bond acceptors (Lipinski definition) is 4. The molecule has 1 aliphatic carbocycles. The highest BCUT2D eigenvalue weighted by Crippen LogP contribution is 2.30. The second kappa shape index (κ2) is 7.06. The SMILES string of the molecule is COc1cc(CNC(=O)C2CCCCC2C(=O)O)ccn1. The highest BCUT2D eigenvalue weighted by atomic mass is 16.5. The number of methoxy groups -OCH3 is 1. The molecule has 1 fully saturated rings. The van der Waals surface area contributed by atoms with E-state index in [1.807, 2.05) is 0 Å². The zero-order valence-electron chi connectivity index (χ0n) is 12.0. The summed E-state index contributed by atoms with van der Waals surface area (Å²) in [5, 5.41) is 12.0. The molecule has 0 aromatic carbocycles. The van der Waals surface area contributed by atoms with Crippen LogP contribution in [0, 0.1) is 11.8 Å². The molecule has 2 unspecified atom stereocenters. The fourth-order valence-corrected chi connectivity index (χ4v) is 2.73. The summed E-state index contributed by atoms with van der Waals surface area (Å²) in [5.74, 6) is -1.56. The van der Waals surface area contributed by atoms with Gasteiger partial charge in [-0.25, -0.2) is 4.98 Å². The van der Waals surface area contributed by atoms with E-state index in [2.05, 4.69) is 10.3 Å². The van der Waals surface area contributed by atoms with Gasteiger partial charge in [-0.2, -0.15) is 0 Å². The third-order valence-electron chi connectivity index (χ3n) is 3.90. The number of carboxylic acids is 1. The first kappa shape index (κ1) is 15.3. The van der Waals surface area contributed by atoms with Gasteiger partial charge in [0.1, 0.15) is 0 Å². The molecular weight excluding hydrogens is 272 g/mol. The summed E-state index contributed by atoms with van der Waals surface area (Å²) in [6.07, 6.45) is 4.62. The van der Waals surface area contributed by atoms with Crippen LogP contribution in [0.2, 0.25) is 0 Å². The lowest BCUT2D eigenvalue weighted by Crippen LogP contribution is -2.39. The van der Waals surface area contributed by atoms with Crippen molar-refractivity contribution in [3.63, 3.8) is 0 Å². The highest BCUT2D eigenvalue weighted by Gasteiger charge is 2.35. The summed E-state index contributed by atoms with van der Waals surface area (Å²) < 4.78 is 5.02. The summed E-state index contributed by atoms with van der Waals surface area (Å²) in [7, 11) is 1.53. The van der Waals surface area contributed by atoms with Crippen molar-refractivity contribution >= 4 is 11.9 Å². The molecule has 1 saturated carbocycles. The van der Waals surface area contributed by atoms with Crippen LogP contribution in [-0.2, 0) is 16.1 Å². The van der Waals surface area contributed by atoms with Gasteiger partial charge in [-0.15, -0.1) is 0 Å². The van der Waals surface area contributed by atoms with Crippen molar-refractivity contribution in [2.75, 3.05) is 7.11 Å². The number of pyridine rings is 1. The van der Waals surface area contributed by atoms with Gasteiger partial charge >= 0.3 is 5.97 Å². The second-order valence-electron chi connectivity index (χ2n) is 5.26. The van der Waals surface area contributed by atoms with Crippen molar-refractivity contribution in [2.24, 2.45) is 11.8 Å². The molecule has 0 aliphatic heterocycles. The van der Waals surface area contributed by atoms with E-state index in [0.29, 0.717) is 25.3 Å². The normalized spacial score (nSPS) is 21.6. The van der Waals surface area contributed by atoms with E-state index in [1.165, 1.54) is 7.11 Å². The monoisotopic (exact) mass is 292 g/mol. The van der Waals surface area contributed by atoms with Crippen LogP contribution in [0.15, 0.2) is 18.3 Å². The van der Waals surface area contributed by atoms with Crippen molar-refractivity contribution < 1.29 is 19.4 Å². The van der Waals surface area contributed by atoms with Crippen LogP contribution in [0.4, 0.5) is 0 Å². The highest BCUT2D eigenvalue weighted by molar-refractivity contribution is 5.84. The molecule has 2 rings (SSSR count). The molecule has 114 valence electrons. The predicted octanol–water partition coefficient (Wildman–Crippen LogP) is 1.60. The molecular formula is C15H20N2O4. The number of carbonyl (C=O) groups is 2. The predicted molar refractivity (Wildman–Crippen MR) is 75.7 cm³/mol. The van der Waals surface area contributed by atoms with Gasteiger partial charge in [0.05, 0.1) is 18.9 Å². The topological polar surface area (TPSA) is 88.5 Å². The van der Waals surface area contributed by atoms with Crippen LogP contribution in [0.25, 0.3) is 0 Å². The van der Waals surface area contributed by atoms with E-state index in [1.54, 1.807) is 18.3 Å². The lowest BCUT2D eigenvalue weighted by atomic mass is 9.78. The summed E-state index contributed by atoms with van der Waals surface area (Å²) in [6.45, 7) is 0.348. The molecule has 21 heavy (non-hydrogen) atoms. The van der Waals surface area contributed by atoms with Crippen LogP contribution in [-0.4, -0.2) is 29.1 Å². The van der Waals surface area contributed by atoms with Crippen LogP contribution < -0.4 is 10.1 Å². The maximum Gasteiger partial charge on any atom is 0.307 e. The first-order valence-electron chi connectivity index (χ1n) is 7.11. The summed E-state index contributed by atoms with van der Waals surface area (Å²) in [6, 6.07) is 3.54. The average molecular weight is 292 g/mol. The molecule has 1 aromatic heterocycles. The molecule has 0 bridgehead atoms. The Hall–Kier alpha value is -2.11. The van der Waals surface area contributed by atoms with E-state index < -0.39 is 17.8 Å². The maximum absolute atomic E-state index is 12.2. The zero-order valence-corrected chi connectivity index (χ0v) is 12.0. The van der Waals surface area contributed by atoms with Gasteiger partial charge in [-0.1, -0.05) is 12.8 Å². The van der Waals surface area contributed by atoms with E-state index >= 15 is 0 Å². The molecule has 1 heterocycles. The molecule has 2 atom stereocenters. The summed E-state index contributed by atoms with van der Waals surface area (Å²) in [5.41, 5.74) is 0.873. The number of carbonyl (C=O) groups excluding carboxylic acids is 1. The third kappa shape index (κ3) is 3.93. The van der Waals surface area contributed by atoms with Gasteiger partial charge in [-0.3, -0.25) is 9.59 Å². The lowest BCUT2D eigenvalue weighted by Gasteiger charge is -2.27. The molecule has 1 aromatic rings. The largest absolute Gasteiger partial charge is 0.481 e. The van der Waals surface area contributed by atoms with Crippen molar-refractivity contribution in [1.29, 1.82) is 0 Å². The molecule has 0 spiro atoms. The van der Waals surface area contributed by atoms with Crippen LogP contribution in [0.5, 0.6) is 5.88 Å². The van der Waals surface area contributed by atoms with Gasteiger partial charge in [0, 0.05) is 18.8 Å². The first-order chi connectivity index (χ1) is 10.1. The number of hydrogen-bond donors (Lipinski definition) is 2. The van der Waals surface area contributed by atoms with E-state index in [9.17, 15) is 14.7 Å². The molecule has 2 N–H and O–H groups in total. The number of amides is 1. The Kier molecular flexibility index (Phi) is 5.14. The Bertz CT molecular complexity index is 518. The fourth-order valence-electron chi connectivity index (χ4n) is 2.73. The van der Waals surface area contributed by atoms with Crippen molar-refractivity contribution in [3.05, 3.63) is 23.9 Å². The molecule has 1 aliphatic rings. The fraction of sp³-hybridized carbons (Fsp3) is 0.533. The van der Waals surface area contributed by atoms with Crippen molar-refractivity contribution in [1.82, 2.24) is 10.3 Å². The number of aromatic nitrogens is 1. The Balaban J connectivity index is 1.95. The Labute approximate surface area is 123 Å². The summed E-state index contributed by atoms with van der Waals surface area (Å²) in [4.78, 5) is 27.4. The van der Waals surface area contributed by atoms with E-state index in [0.717, 1.165) is 18.4 Å². The third-order valence-corrected chi connectivity index (χ3v) is 3.90. The maximum atomic E-state index is 12.2. The van der Waals surface area contributed by atoms with Gasteiger partial charge in [0.2, 0.25) is 11.8 Å². The quantitative estimate of drug-likeness (QED) is 0.860. The Morgan fingerprint density at radius 3 is 2.76 bits per heavy atom. The molecule has 0 saturated heterocycles. The number of ether oxygens (including phenoxy) is 1. The minimum absolute atomic E-state index is 0.183. The van der Waals surface area contributed by atoms with Crippen molar-refractivity contribution in [3.8, 4) is 5.88 Å². The Morgan fingerprint density at radius 1 is 1.38 bits per heavy atom. The van der Waals surface area contributed by atoms with Crippen LogP contribution in [0.3, 0.4) is 0 Å². The number of nitrogens with one attached hydrogen (secondary N) is 1. The van der Waals surface area contributed by atoms with Crippen LogP contribution >= 0.6 is 0 Å². The number of nitrogens with zero attached hydrogens (tertiary/aromatic N) is 1. The number of rotatable bonds is 5. The molecule has 0 radical (unpaired) electrons. The zero-order chi connectivity index (χ0) is 15.2. The average Bonchev–Trinajstić information content (AvgIpc) is 2.52. The van der Waals surface area contributed by atoms with Gasteiger partial charge < -0.3 is 15.2 Å². The van der Waals surface area contributed by atoms with E-state index in [4.69, 9.17) is 4.74 Å². The standard InChI is InChI=1S/C15H20N2O4/c1-21-13-8-10(6-7-16-13)9-17-14(18)11-4-2-3-5-12(11)15(19)20/h6-8,11-12H,2-5,9H2,1H3,(H,17,18)(H,19,20). The van der Waals surface area contributed by atoms with Crippen molar-refractivity contribution in [2.45, 2.75) is 32.2 Å². The second-order valence-corrected chi connectivity index (χ2v) is 5.26. The smallest absolute Gasteiger partial charge is 0.307 e. The van der Waals surface area contributed by atoms with Gasteiger partial charge in [0.15, 0.2) is 0 Å². The van der Waals surface area contributed by atoms with Gasteiger partial charge in [0.25, 0.3) is 0 Å². The lowest BCUT2D eigenvalue weighted by molar-refractivity contribution is -0.148. The first-order valence-corrected chi connectivity index (χ1v) is 7.11. The Morgan fingerprint density at radius 2 is 2.10 bits per heavy atom. The molecule has 1 amide bonds. The minimum Gasteiger partial charge on any atom is -0.481 e.